The fourth-order valence-electron chi connectivity index (χ4n) is 2.72. The first-order valence-electron chi connectivity index (χ1n) is 8.73. The number of aryl methyl sites for hydroxylation is 1. The van der Waals surface area contributed by atoms with Crippen molar-refractivity contribution in [1.29, 1.82) is 0 Å². The second-order valence-electron chi connectivity index (χ2n) is 6.03. The summed E-state index contributed by atoms with van der Waals surface area (Å²) in [6, 6.07) is 5.90. The topological polar surface area (TPSA) is 17.8 Å². The summed E-state index contributed by atoms with van der Waals surface area (Å²) in [5, 5.41) is 1.92. The van der Waals surface area contributed by atoms with Crippen LogP contribution in [-0.2, 0) is 6.54 Å². The van der Waals surface area contributed by atoms with Gasteiger partial charge in [-0.05, 0) is 42.7 Å². The van der Waals surface area contributed by atoms with E-state index in [-0.39, 0.29) is 0 Å². The fourth-order valence-corrected chi connectivity index (χ4v) is 4.70. The van der Waals surface area contributed by atoms with Gasteiger partial charge in [0.2, 0.25) is 0 Å². The van der Waals surface area contributed by atoms with Crippen molar-refractivity contribution >= 4 is 35.0 Å². The normalized spacial score (nSPS) is 12.5. The lowest BCUT2D eigenvalue weighted by Gasteiger charge is -2.19. The summed E-state index contributed by atoms with van der Waals surface area (Å²) in [6.45, 7) is 3.25. The minimum absolute atomic E-state index is 0.430. The monoisotopic (exact) mass is 384 g/mol. The Balaban J connectivity index is 1.92. The molecule has 2 rings (SSSR count). The minimum atomic E-state index is 0.430. The molecule has 0 aliphatic rings. The number of unbranched alkanes of at least 4 members (excludes halogenated alkanes) is 3. The molecule has 0 amide bonds. The number of hydrogen-bond donors (Lipinski definition) is 0. The van der Waals surface area contributed by atoms with Gasteiger partial charge in [0.15, 0.2) is 0 Å². The van der Waals surface area contributed by atoms with Crippen LogP contribution in [0.4, 0.5) is 0 Å². The zero-order chi connectivity index (χ0) is 17.2. The van der Waals surface area contributed by atoms with Crippen LogP contribution in [-0.4, -0.2) is 15.3 Å². The Labute approximate surface area is 160 Å². The Morgan fingerprint density at radius 1 is 1.17 bits per heavy atom. The van der Waals surface area contributed by atoms with Crippen LogP contribution in [0, 0.1) is 0 Å². The standard InChI is InChI=1S/C19H26Cl2N2S/c1-2-3-4-5-13-24-19(7-6-11-23-12-10-22-15-23)17-9-8-16(20)14-18(17)21/h8-10,12,14-15,19H,2-7,11,13H2,1H3. The molecule has 1 unspecified atom stereocenters. The van der Waals surface area contributed by atoms with Crippen molar-refractivity contribution in [2.24, 2.45) is 0 Å². The number of thioether (sulfide) groups is 1. The highest BCUT2D eigenvalue weighted by Crippen LogP contribution is 2.38. The van der Waals surface area contributed by atoms with Crippen LogP contribution >= 0.6 is 35.0 Å². The molecule has 1 aromatic carbocycles. The molecule has 0 saturated heterocycles. The van der Waals surface area contributed by atoms with Crippen molar-refractivity contribution in [3.8, 4) is 0 Å². The van der Waals surface area contributed by atoms with Crippen molar-refractivity contribution in [3.63, 3.8) is 0 Å². The lowest BCUT2D eigenvalue weighted by Crippen LogP contribution is -2.01. The van der Waals surface area contributed by atoms with Gasteiger partial charge < -0.3 is 4.57 Å². The summed E-state index contributed by atoms with van der Waals surface area (Å²) >= 11 is 14.5. The third kappa shape index (κ3) is 6.70. The number of halogens is 2. The average molecular weight is 385 g/mol. The number of hydrogen-bond acceptors (Lipinski definition) is 2. The summed E-state index contributed by atoms with van der Waals surface area (Å²) in [7, 11) is 0. The predicted molar refractivity (Wildman–Crippen MR) is 107 cm³/mol. The van der Waals surface area contributed by atoms with E-state index in [0.29, 0.717) is 10.3 Å². The Hall–Kier alpha value is -0.640. The molecule has 0 spiro atoms. The molecular weight excluding hydrogens is 359 g/mol. The quantitative estimate of drug-likeness (QED) is 0.387. The molecule has 24 heavy (non-hydrogen) atoms. The summed E-state index contributed by atoms with van der Waals surface area (Å²) in [5.74, 6) is 1.19. The van der Waals surface area contributed by atoms with Gasteiger partial charge in [0.1, 0.15) is 0 Å². The van der Waals surface area contributed by atoms with E-state index in [0.717, 1.165) is 24.4 Å². The van der Waals surface area contributed by atoms with Crippen LogP contribution in [0.5, 0.6) is 0 Å². The molecule has 0 radical (unpaired) electrons. The van der Waals surface area contributed by atoms with Crippen molar-refractivity contribution in [2.75, 3.05) is 5.75 Å². The highest BCUT2D eigenvalue weighted by atomic mass is 35.5. The van der Waals surface area contributed by atoms with Crippen LogP contribution in [0.3, 0.4) is 0 Å². The van der Waals surface area contributed by atoms with Gasteiger partial charge in [-0.3, -0.25) is 0 Å². The van der Waals surface area contributed by atoms with E-state index in [1.807, 2.05) is 42.6 Å². The van der Waals surface area contributed by atoms with E-state index < -0.39 is 0 Å². The molecule has 2 nitrogen and oxygen atoms in total. The molecule has 1 aromatic heterocycles. The minimum Gasteiger partial charge on any atom is -0.337 e. The van der Waals surface area contributed by atoms with Crippen LogP contribution in [0.2, 0.25) is 10.0 Å². The van der Waals surface area contributed by atoms with E-state index in [2.05, 4.69) is 22.5 Å². The predicted octanol–water partition coefficient (Wildman–Crippen LogP) is 7.02. The molecule has 1 atom stereocenters. The molecule has 0 N–H and O–H groups in total. The van der Waals surface area contributed by atoms with Gasteiger partial charge in [-0.15, -0.1) is 0 Å². The zero-order valence-corrected chi connectivity index (χ0v) is 16.6. The third-order valence-corrected chi connectivity index (χ3v) is 6.05. The molecule has 1 heterocycles. The zero-order valence-electron chi connectivity index (χ0n) is 14.3. The molecule has 132 valence electrons. The van der Waals surface area contributed by atoms with Gasteiger partial charge in [0.25, 0.3) is 0 Å². The van der Waals surface area contributed by atoms with Crippen LogP contribution < -0.4 is 0 Å². The number of aromatic nitrogens is 2. The number of benzene rings is 1. The summed E-state index contributed by atoms with van der Waals surface area (Å²) in [4.78, 5) is 4.10. The van der Waals surface area contributed by atoms with Crippen LogP contribution in [0.15, 0.2) is 36.9 Å². The Kier molecular flexibility index (Phi) is 9.08. The van der Waals surface area contributed by atoms with Crippen molar-refractivity contribution < 1.29 is 0 Å². The lowest BCUT2D eigenvalue weighted by molar-refractivity contribution is 0.603. The second kappa shape index (κ2) is 11.1. The maximum Gasteiger partial charge on any atom is 0.0945 e. The number of rotatable bonds is 11. The van der Waals surface area contributed by atoms with Crippen molar-refractivity contribution in [1.82, 2.24) is 9.55 Å². The first-order chi connectivity index (χ1) is 11.7. The maximum absolute atomic E-state index is 6.45. The molecule has 0 fully saturated rings. The van der Waals surface area contributed by atoms with Crippen molar-refractivity contribution in [3.05, 3.63) is 52.5 Å². The molecule has 0 bridgehead atoms. The smallest absolute Gasteiger partial charge is 0.0945 e. The largest absolute Gasteiger partial charge is 0.337 e. The van der Waals surface area contributed by atoms with Gasteiger partial charge in [-0.25, -0.2) is 4.98 Å². The van der Waals surface area contributed by atoms with E-state index in [1.54, 1.807) is 0 Å². The Bertz CT molecular complexity index is 587. The van der Waals surface area contributed by atoms with Gasteiger partial charge in [0, 0.05) is 34.2 Å². The van der Waals surface area contributed by atoms with E-state index in [9.17, 15) is 0 Å². The number of imidazole rings is 1. The Morgan fingerprint density at radius 3 is 2.75 bits per heavy atom. The van der Waals surface area contributed by atoms with E-state index in [1.165, 1.54) is 37.0 Å². The molecule has 5 heteroatoms. The average Bonchev–Trinajstić information content (AvgIpc) is 3.07. The Morgan fingerprint density at radius 2 is 2.04 bits per heavy atom. The van der Waals surface area contributed by atoms with Gasteiger partial charge >= 0.3 is 0 Å². The van der Waals surface area contributed by atoms with Gasteiger partial charge in [-0.2, -0.15) is 11.8 Å². The second-order valence-corrected chi connectivity index (χ2v) is 8.18. The first-order valence-corrected chi connectivity index (χ1v) is 10.5. The van der Waals surface area contributed by atoms with Gasteiger partial charge in [-0.1, -0.05) is 55.5 Å². The first kappa shape index (κ1) is 19.7. The third-order valence-electron chi connectivity index (χ3n) is 4.07. The molecule has 0 aliphatic carbocycles. The van der Waals surface area contributed by atoms with Crippen LogP contribution in [0.1, 0.15) is 56.3 Å². The van der Waals surface area contributed by atoms with Crippen molar-refractivity contribution in [2.45, 2.75) is 57.2 Å². The molecular formula is C19H26Cl2N2S. The summed E-state index contributed by atoms with van der Waals surface area (Å²) < 4.78 is 2.13. The lowest BCUT2D eigenvalue weighted by atomic mass is 10.1. The molecule has 0 saturated carbocycles. The maximum atomic E-state index is 6.45. The SMILES string of the molecule is CCCCCCSC(CCCn1ccnc1)c1ccc(Cl)cc1Cl. The highest BCUT2D eigenvalue weighted by Gasteiger charge is 2.15. The van der Waals surface area contributed by atoms with Gasteiger partial charge in [0.05, 0.1) is 6.33 Å². The summed E-state index contributed by atoms with van der Waals surface area (Å²) in [5.41, 5.74) is 1.21. The van der Waals surface area contributed by atoms with Crippen LogP contribution in [0.25, 0.3) is 0 Å². The molecule has 2 aromatic rings. The van der Waals surface area contributed by atoms with E-state index in [4.69, 9.17) is 23.2 Å². The fraction of sp³-hybridized carbons (Fsp3) is 0.526. The highest BCUT2D eigenvalue weighted by molar-refractivity contribution is 7.99. The van der Waals surface area contributed by atoms with E-state index >= 15 is 0 Å². The summed E-state index contributed by atoms with van der Waals surface area (Å²) in [6.07, 6.45) is 13.1. The number of nitrogens with zero attached hydrogens (tertiary/aromatic N) is 2. The molecule has 0 aliphatic heterocycles.